The molecule has 2 bridgehead atoms. The SMILES string of the molecule is COc1ccc(C(Cc2c(Cl)c[n+]([O-])cc2Cl)OC(=O)c2cccc(CN(C(=O)O[C@H]3CN4CCC3CC4)c3ccccc3Cl)c2)cc1OC. The van der Waals surface area contributed by atoms with Crippen molar-refractivity contribution < 1.29 is 33.3 Å². The second kappa shape index (κ2) is 15.8. The number of anilines is 1. The maximum absolute atomic E-state index is 13.8. The third-order valence-corrected chi connectivity index (χ3v) is 10.2. The molecule has 0 saturated carbocycles. The lowest BCUT2D eigenvalue weighted by atomic mass is 9.86. The topological polar surface area (TPSA) is 104 Å². The van der Waals surface area contributed by atoms with Crippen LogP contribution in [0.1, 0.15) is 46.0 Å². The van der Waals surface area contributed by atoms with E-state index < -0.39 is 18.2 Å². The molecule has 7 rings (SSSR count). The average molecular weight is 741 g/mol. The standard InChI is InChI=1S/C37H36Cl3N3O7/c1-47-32-11-10-25(17-34(32)48-2)33(18-27-29(39)20-42(46)21-30(27)40)49-36(44)26-7-5-6-23(16-26)19-43(31-9-4-3-8-28(31)38)37(45)50-35-22-41-14-12-24(35)13-15-41/h3-11,16-17,20-21,24,33,35H,12-15,18-19,22H2,1-2H3/t33?,35-/m0/s1. The van der Waals surface area contributed by atoms with Crippen LogP contribution in [-0.4, -0.2) is 56.9 Å². The van der Waals surface area contributed by atoms with Crippen molar-refractivity contribution >= 4 is 52.6 Å². The van der Waals surface area contributed by atoms with Crippen molar-refractivity contribution in [2.75, 3.05) is 38.8 Å². The summed E-state index contributed by atoms with van der Waals surface area (Å²) < 4.78 is 23.6. The number of carbonyl (C=O) groups is 2. The van der Waals surface area contributed by atoms with Crippen molar-refractivity contribution in [1.82, 2.24) is 4.90 Å². The van der Waals surface area contributed by atoms with Crippen LogP contribution in [0, 0.1) is 11.1 Å². The summed E-state index contributed by atoms with van der Waals surface area (Å²) in [6.45, 7) is 2.85. The number of nitrogens with zero attached hydrogens (tertiary/aromatic N) is 3. The van der Waals surface area contributed by atoms with Crippen LogP contribution < -0.4 is 19.1 Å². The van der Waals surface area contributed by atoms with E-state index in [1.807, 2.05) is 6.07 Å². The molecule has 3 fully saturated rings. The van der Waals surface area contributed by atoms with E-state index in [9.17, 15) is 14.8 Å². The third-order valence-electron chi connectivity index (χ3n) is 9.19. The number of hydrogen-bond donors (Lipinski definition) is 0. The Hall–Kier alpha value is -4.22. The fourth-order valence-electron chi connectivity index (χ4n) is 6.52. The number of fused-ring (bicyclic) bond motifs is 3. The molecular formula is C37H36Cl3N3O7. The molecule has 0 radical (unpaired) electrons. The van der Waals surface area contributed by atoms with Crippen LogP contribution in [0.15, 0.2) is 79.1 Å². The molecule has 0 spiro atoms. The first kappa shape index (κ1) is 35.6. The molecule has 50 heavy (non-hydrogen) atoms. The number of methoxy groups -OCH3 is 2. The number of halogens is 3. The van der Waals surface area contributed by atoms with Crippen LogP contribution in [-0.2, 0) is 22.4 Å². The zero-order valence-corrected chi connectivity index (χ0v) is 29.8. The minimum absolute atomic E-state index is 0.0606. The number of carbonyl (C=O) groups excluding carboxylic acids is 2. The van der Waals surface area contributed by atoms with Crippen LogP contribution in [0.4, 0.5) is 10.5 Å². The number of hydrogen-bond acceptors (Lipinski definition) is 8. The van der Waals surface area contributed by atoms with E-state index in [-0.39, 0.29) is 34.7 Å². The Bertz CT molecular complexity index is 1840. The second-order valence-corrected chi connectivity index (χ2v) is 13.5. The molecule has 3 aliphatic heterocycles. The summed E-state index contributed by atoms with van der Waals surface area (Å²) in [6, 6.07) is 19.1. The van der Waals surface area contributed by atoms with E-state index >= 15 is 0 Å². The zero-order valence-electron chi connectivity index (χ0n) is 27.5. The normalized spacial score (nSPS) is 18.6. The highest BCUT2D eigenvalue weighted by Gasteiger charge is 2.37. The van der Waals surface area contributed by atoms with Crippen molar-refractivity contribution in [3.8, 4) is 11.5 Å². The second-order valence-electron chi connectivity index (χ2n) is 12.3. The van der Waals surface area contributed by atoms with E-state index in [1.165, 1.54) is 31.5 Å². The maximum Gasteiger partial charge on any atom is 0.414 e. The highest BCUT2D eigenvalue weighted by atomic mass is 35.5. The number of ether oxygens (including phenoxy) is 4. The largest absolute Gasteiger partial charge is 0.619 e. The van der Waals surface area contributed by atoms with Crippen molar-refractivity contribution in [1.29, 1.82) is 0 Å². The molecule has 3 aromatic carbocycles. The minimum Gasteiger partial charge on any atom is -0.619 e. The van der Waals surface area contributed by atoms with Crippen molar-refractivity contribution in [3.63, 3.8) is 0 Å². The van der Waals surface area contributed by atoms with Gasteiger partial charge < -0.3 is 24.2 Å². The number of benzene rings is 3. The summed E-state index contributed by atoms with van der Waals surface area (Å²) in [4.78, 5) is 31.4. The van der Waals surface area contributed by atoms with Crippen molar-refractivity contribution in [2.24, 2.45) is 5.92 Å². The van der Waals surface area contributed by atoms with Crippen LogP contribution in [0.25, 0.3) is 0 Å². The van der Waals surface area contributed by atoms with Gasteiger partial charge in [0.25, 0.3) is 0 Å². The molecule has 0 aliphatic carbocycles. The average Bonchev–Trinajstić information content (AvgIpc) is 3.12. The van der Waals surface area contributed by atoms with Gasteiger partial charge >= 0.3 is 12.1 Å². The highest BCUT2D eigenvalue weighted by molar-refractivity contribution is 6.35. The summed E-state index contributed by atoms with van der Waals surface area (Å²) in [7, 11) is 3.03. The van der Waals surface area contributed by atoms with Crippen LogP contribution in [0.2, 0.25) is 15.1 Å². The van der Waals surface area contributed by atoms with E-state index in [0.29, 0.717) is 56.1 Å². The lowest BCUT2D eigenvalue weighted by Crippen LogP contribution is -2.53. The molecule has 13 heteroatoms. The van der Waals surface area contributed by atoms with Crippen molar-refractivity contribution in [2.45, 2.75) is 38.0 Å². The van der Waals surface area contributed by atoms with Crippen LogP contribution in [0.3, 0.4) is 0 Å². The first-order valence-corrected chi connectivity index (χ1v) is 17.3. The molecule has 3 saturated heterocycles. The predicted octanol–water partition coefficient (Wildman–Crippen LogP) is 7.68. The van der Waals surface area contributed by atoms with Gasteiger partial charge in [0.05, 0.1) is 37.0 Å². The predicted molar refractivity (Wildman–Crippen MR) is 190 cm³/mol. The number of aromatic nitrogens is 1. The van der Waals surface area contributed by atoms with Crippen molar-refractivity contribution in [3.05, 3.63) is 122 Å². The summed E-state index contributed by atoms with van der Waals surface area (Å²) in [5, 5.41) is 12.6. The number of piperidine rings is 3. The Kier molecular flexibility index (Phi) is 11.2. The van der Waals surface area contributed by atoms with Gasteiger partial charge in [-0.05, 0) is 79.4 Å². The summed E-state index contributed by atoms with van der Waals surface area (Å²) in [5.74, 6) is 0.621. The van der Waals surface area contributed by atoms with Gasteiger partial charge in [-0.15, -0.1) is 0 Å². The van der Waals surface area contributed by atoms with E-state index in [2.05, 4.69) is 4.90 Å². The Morgan fingerprint density at radius 3 is 2.30 bits per heavy atom. The first-order chi connectivity index (χ1) is 24.1. The molecule has 1 amide bonds. The quantitative estimate of drug-likeness (QED) is 0.0877. The monoisotopic (exact) mass is 739 g/mol. The lowest BCUT2D eigenvalue weighted by molar-refractivity contribution is -0.605. The van der Waals surface area contributed by atoms with E-state index in [1.54, 1.807) is 60.7 Å². The van der Waals surface area contributed by atoms with E-state index in [4.69, 9.17) is 53.8 Å². The van der Waals surface area contributed by atoms with Gasteiger partial charge in [-0.3, -0.25) is 9.80 Å². The van der Waals surface area contributed by atoms with Gasteiger partial charge in [-0.25, -0.2) is 9.59 Å². The Labute approximate surface area is 305 Å². The molecular weight excluding hydrogens is 705 g/mol. The lowest BCUT2D eigenvalue weighted by Gasteiger charge is -2.44. The zero-order chi connectivity index (χ0) is 35.4. The number of esters is 1. The highest BCUT2D eigenvalue weighted by Crippen LogP contribution is 2.36. The molecule has 10 nitrogen and oxygen atoms in total. The number of pyridine rings is 1. The molecule has 4 aromatic rings. The number of rotatable bonds is 11. The Morgan fingerprint density at radius 2 is 1.64 bits per heavy atom. The number of amides is 1. The molecule has 4 heterocycles. The summed E-state index contributed by atoms with van der Waals surface area (Å²) in [5.41, 5.74) is 2.41. The maximum atomic E-state index is 13.8. The van der Waals surface area contributed by atoms with Gasteiger partial charge in [0.1, 0.15) is 22.3 Å². The first-order valence-electron chi connectivity index (χ1n) is 16.2. The van der Waals surface area contributed by atoms with Crippen LogP contribution >= 0.6 is 34.8 Å². The van der Waals surface area contributed by atoms with Gasteiger partial charge in [-0.2, -0.15) is 4.73 Å². The smallest absolute Gasteiger partial charge is 0.414 e. The van der Waals surface area contributed by atoms with Gasteiger partial charge in [-0.1, -0.05) is 65.1 Å². The van der Waals surface area contributed by atoms with E-state index in [0.717, 1.165) is 25.9 Å². The Balaban J connectivity index is 1.26. The molecule has 1 unspecified atom stereocenters. The van der Waals surface area contributed by atoms with Gasteiger partial charge in [0, 0.05) is 18.5 Å². The molecule has 0 N–H and O–H groups in total. The fraction of sp³-hybridized carbons (Fsp3) is 0.324. The third kappa shape index (κ3) is 8.05. The Morgan fingerprint density at radius 1 is 0.920 bits per heavy atom. The summed E-state index contributed by atoms with van der Waals surface area (Å²) >= 11 is 19.4. The fourth-order valence-corrected chi connectivity index (χ4v) is 7.36. The minimum atomic E-state index is -0.889. The van der Waals surface area contributed by atoms with Gasteiger partial charge in [0.2, 0.25) is 0 Å². The van der Waals surface area contributed by atoms with Crippen LogP contribution in [0.5, 0.6) is 11.5 Å². The van der Waals surface area contributed by atoms with Gasteiger partial charge in [0.15, 0.2) is 23.9 Å². The molecule has 3 aliphatic rings. The number of para-hydroxylation sites is 1. The molecule has 1 aromatic heterocycles. The summed E-state index contributed by atoms with van der Waals surface area (Å²) in [6.07, 6.45) is 2.84. The molecule has 2 atom stereocenters. The molecule has 262 valence electrons.